The highest BCUT2D eigenvalue weighted by atomic mass is 19.4. The summed E-state index contributed by atoms with van der Waals surface area (Å²) in [6.07, 6.45) is -3.44. The van der Waals surface area contributed by atoms with Gasteiger partial charge in [-0.15, -0.1) is 0 Å². The second-order valence-corrected chi connectivity index (χ2v) is 6.06. The molecule has 1 N–H and O–H groups in total. The fraction of sp³-hybridized carbons (Fsp3) is 0.500. The van der Waals surface area contributed by atoms with Crippen LogP contribution in [0.1, 0.15) is 25.7 Å². The van der Waals surface area contributed by atoms with E-state index < -0.39 is 36.2 Å². The van der Waals surface area contributed by atoms with Crippen molar-refractivity contribution in [1.82, 2.24) is 5.01 Å². The number of rotatable bonds is 3. The Morgan fingerprint density at radius 1 is 1.32 bits per heavy atom. The van der Waals surface area contributed by atoms with Crippen molar-refractivity contribution in [2.45, 2.75) is 37.6 Å². The summed E-state index contributed by atoms with van der Waals surface area (Å²) >= 11 is 0. The number of fused-ring (bicyclic) bond motifs is 1. The van der Waals surface area contributed by atoms with Crippen LogP contribution in [0.15, 0.2) is 29.4 Å². The minimum Gasteiger partial charge on any atom is -0.484 e. The van der Waals surface area contributed by atoms with Crippen molar-refractivity contribution < 1.29 is 32.2 Å². The van der Waals surface area contributed by atoms with Gasteiger partial charge in [0, 0.05) is 5.71 Å². The van der Waals surface area contributed by atoms with Crippen molar-refractivity contribution >= 4 is 11.6 Å². The highest BCUT2D eigenvalue weighted by Gasteiger charge is 2.68. The summed E-state index contributed by atoms with van der Waals surface area (Å²) in [4.78, 5) is 12.3. The first-order valence-corrected chi connectivity index (χ1v) is 7.81. The highest BCUT2D eigenvalue weighted by molar-refractivity contribution is 5.93. The van der Waals surface area contributed by atoms with Crippen molar-refractivity contribution in [3.8, 4) is 5.75 Å². The number of carbonyl (C=O) groups is 1. The lowest BCUT2D eigenvalue weighted by atomic mass is 9.80. The lowest BCUT2D eigenvalue weighted by molar-refractivity contribution is -0.317. The molecule has 0 unspecified atom stereocenters. The van der Waals surface area contributed by atoms with E-state index in [1.165, 1.54) is 12.1 Å². The number of alkyl halides is 3. The molecule has 1 aliphatic carbocycles. The Morgan fingerprint density at radius 3 is 2.64 bits per heavy atom. The minimum atomic E-state index is -5.05. The summed E-state index contributed by atoms with van der Waals surface area (Å²) in [6.45, 7) is -0.756. The zero-order valence-corrected chi connectivity index (χ0v) is 13.1. The van der Waals surface area contributed by atoms with Gasteiger partial charge in [-0.3, -0.25) is 4.79 Å². The Hall–Kier alpha value is -2.16. The molecule has 0 radical (unpaired) electrons. The number of ether oxygens (including phenoxy) is 1. The van der Waals surface area contributed by atoms with E-state index in [9.17, 15) is 27.5 Å². The summed E-state index contributed by atoms with van der Waals surface area (Å²) in [7, 11) is 0. The molecule has 0 aromatic heterocycles. The van der Waals surface area contributed by atoms with E-state index in [2.05, 4.69) is 5.10 Å². The maximum absolute atomic E-state index is 13.5. The molecule has 5 nitrogen and oxygen atoms in total. The highest BCUT2D eigenvalue weighted by Crippen LogP contribution is 2.48. The van der Waals surface area contributed by atoms with E-state index in [1.807, 2.05) is 0 Å². The largest absolute Gasteiger partial charge is 0.484 e. The first-order valence-electron chi connectivity index (χ1n) is 7.81. The average molecular weight is 360 g/mol. The Bertz CT molecular complexity index is 690. The summed E-state index contributed by atoms with van der Waals surface area (Å²) in [5.41, 5.74) is -3.17. The van der Waals surface area contributed by atoms with E-state index in [4.69, 9.17) is 4.74 Å². The van der Waals surface area contributed by atoms with Gasteiger partial charge in [0.1, 0.15) is 11.6 Å². The van der Waals surface area contributed by atoms with Crippen molar-refractivity contribution in [2.75, 3.05) is 6.61 Å². The van der Waals surface area contributed by atoms with Crippen LogP contribution in [0.2, 0.25) is 0 Å². The lowest BCUT2D eigenvalue weighted by Crippen LogP contribution is -2.62. The third-order valence-corrected chi connectivity index (χ3v) is 4.44. The maximum atomic E-state index is 13.5. The molecule has 0 bridgehead atoms. The average Bonchev–Trinajstić information content (AvgIpc) is 2.89. The lowest BCUT2D eigenvalue weighted by Gasteiger charge is -2.38. The van der Waals surface area contributed by atoms with Crippen LogP contribution < -0.4 is 4.74 Å². The van der Waals surface area contributed by atoms with Crippen LogP contribution in [-0.2, 0) is 4.79 Å². The van der Waals surface area contributed by atoms with Gasteiger partial charge in [0.25, 0.3) is 11.6 Å². The van der Waals surface area contributed by atoms with Crippen molar-refractivity contribution in [3.05, 3.63) is 30.1 Å². The molecule has 9 heteroatoms. The first-order chi connectivity index (χ1) is 11.7. The number of hydrogen-bond donors (Lipinski definition) is 1. The molecule has 1 aromatic rings. The van der Waals surface area contributed by atoms with Crippen molar-refractivity contribution in [1.29, 1.82) is 0 Å². The van der Waals surface area contributed by atoms with Crippen molar-refractivity contribution in [2.24, 2.45) is 11.0 Å². The molecule has 2 atom stereocenters. The number of halogens is 4. The number of hydrazone groups is 1. The molecule has 1 fully saturated rings. The predicted molar refractivity (Wildman–Crippen MR) is 79.1 cm³/mol. The molecular weight excluding hydrogens is 344 g/mol. The quantitative estimate of drug-likeness (QED) is 0.844. The van der Waals surface area contributed by atoms with Gasteiger partial charge in [-0.25, -0.2) is 4.39 Å². The summed E-state index contributed by atoms with van der Waals surface area (Å²) in [5, 5.41) is 14.2. The normalized spacial score (nSPS) is 26.2. The molecule has 1 amide bonds. The van der Waals surface area contributed by atoms with Crippen LogP contribution >= 0.6 is 0 Å². The molecule has 136 valence electrons. The summed E-state index contributed by atoms with van der Waals surface area (Å²) in [5.74, 6) is -2.77. The molecular formula is C16H16F4N2O3. The van der Waals surface area contributed by atoms with Crippen LogP contribution in [0.25, 0.3) is 0 Å². The van der Waals surface area contributed by atoms with Gasteiger partial charge in [0.2, 0.25) is 0 Å². The molecule has 1 aromatic carbocycles. The number of nitrogens with zero attached hydrogens (tertiary/aromatic N) is 2. The van der Waals surface area contributed by atoms with Gasteiger partial charge in [0.15, 0.2) is 6.61 Å². The van der Waals surface area contributed by atoms with Gasteiger partial charge >= 0.3 is 6.18 Å². The standard InChI is InChI=1S/C16H16F4N2O3/c17-10-5-7-11(8-6-10)25-9-14(23)22-15(24,16(18,19)20)12-3-1-2-4-13(12)21-22/h5-8,12,24H,1-4,9H2/t12-,15+/m1/s1. The maximum Gasteiger partial charge on any atom is 0.439 e. The van der Waals surface area contributed by atoms with E-state index in [-0.39, 0.29) is 22.9 Å². The third kappa shape index (κ3) is 3.08. The number of carbonyl (C=O) groups excluding carboxylic acids is 1. The molecule has 0 saturated heterocycles. The third-order valence-electron chi connectivity index (χ3n) is 4.44. The Labute approximate surface area is 140 Å². The van der Waals surface area contributed by atoms with E-state index in [0.29, 0.717) is 19.3 Å². The smallest absolute Gasteiger partial charge is 0.439 e. The van der Waals surface area contributed by atoms with Crippen LogP contribution in [0.4, 0.5) is 17.6 Å². The second kappa shape index (κ2) is 6.29. The molecule has 1 saturated carbocycles. The SMILES string of the molecule is O=C(COc1ccc(F)cc1)N1N=C2CCCC[C@H]2[C@]1(O)C(F)(F)F. The Morgan fingerprint density at radius 2 is 2.00 bits per heavy atom. The topological polar surface area (TPSA) is 62.1 Å². The molecule has 2 aliphatic rings. The van der Waals surface area contributed by atoms with Gasteiger partial charge in [-0.2, -0.15) is 23.3 Å². The predicted octanol–water partition coefficient (Wildman–Crippen LogP) is 2.84. The molecule has 0 spiro atoms. The second-order valence-electron chi connectivity index (χ2n) is 6.06. The van der Waals surface area contributed by atoms with E-state index >= 15 is 0 Å². The zero-order valence-electron chi connectivity index (χ0n) is 13.1. The van der Waals surface area contributed by atoms with E-state index in [1.54, 1.807) is 0 Å². The summed E-state index contributed by atoms with van der Waals surface area (Å²) in [6, 6.07) is 4.68. The number of aliphatic hydroxyl groups is 1. The van der Waals surface area contributed by atoms with Crippen molar-refractivity contribution in [3.63, 3.8) is 0 Å². The van der Waals surface area contributed by atoms with E-state index in [0.717, 1.165) is 12.1 Å². The molecule has 3 rings (SSSR count). The van der Waals surface area contributed by atoms with Crippen LogP contribution in [0.3, 0.4) is 0 Å². The minimum absolute atomic E-state index is 0.0991. The van der Waals surface area contributed by atoms with Gasteiger partial charge in [-0.05, 0) is 43.5 Å². The first kappa shape index (κ1) is 17.7. The van der Waals surface area contributed by atoms with Crippen LogP contribution in [0, 0.1) is 11.7 Å². The fourth-order valence-corrected chi connectivity index (χ4v) is 3.20. The molecule has 25 heavy (non-hydrogen) atoms. The zero-order chi connectivity index (χ0) is 18.2. The number of amides is 1. The molecule has 1 heterocycles. The Balaban J connectivity index is 1.79. The van der Waals surface area contributed by atoms with Crippen LogP contribution in [-0.4, -0.2) is 40.2 Å². The molecule has 1 aliphatic heterocycles. The Kier molecular flexibility index (Phi) is 4.44. The number of benzene rings is 1. The monoisotopic (exact) mass is 360 g/mol. The summed E-state index contributed by atoms with van der Waals surface area (Å²) < 4.78 is 58.5. The number of hydrogen-bond acceptors (Lipinski definition) is 4. The van der Waals surface area contributed by atoms with Gasteiger partial charge in [0.05, 0.1) is 5.92 Å². The van der Waals surface area contributed by atoms with Gasteiger partial charge < -0.3 is 9.84 Å². The van der Waals surface area contributed by atoms with Gasteiger partial charge in [-0.1, -0.05) is 6.42 Å². The van der Waals surface area contributed by atoms with Crippen LogP contribution in [0.5, 0.6) is 5.75 Å². The fourth-order valence-electron chi connectivity index (χ4n) is 3.20.